The van der Waals surface area contributed by atoms with Crippen molar-refractivity contribution < 1.29 is 26.4 Å². The predicted octanol–water partition coefficient (Wildman–Crippen LogP) is 2.07. The molecule has 1 aromatic heterocycles. The number of sulfone groups is 2. The van der Waals surface area contributed by atoms with Crippen LogP contribution < -0.4 is 0 Å². The molecule has 3 heterocycles. The fourth-order valence-corrected chi connectivity index (χ4v) is 7.16. The molecule has 0 bridgehead atoms. The van der Waals surface area contributed by atoms with Crippen LogP contribution in [0.3, 0.4) is 0 Å². The number of fused-ring (bicyclic) bond motifs is 1. The molecule has 214 valence electrons. The second-order valence-corrected chi connectivity index (χ2v) is 15.1. The van der Waals surface area contributed by atoms with Gasteiger partial charge in [-0.05, 0) is 62.4 Å². The first-order chi connectivity index (χ1) is 18.8. The number of nitrogens with zero attached hydrogens (tertiary/aromatic N) is 4. The Hall–Kier alpha value is -3.22. The molecule has 0 spiro atoms. The van der Waals surface area contributed by atoms with Crippen LogP contribution in [-0.4, -0.2) is 111 Å². The number of rotatable bonds is 5. The lowest BCUT2D eigenvalue weighted by Gasteiger charge is -2.37. The van der Waals surface area contributed by atoms with E-state index in [1.807, 2.05) is 4.90 Å². The maximum Gasteiger partial charge on any atom is 0.270 e. The molecular formula is C28H34N4O6S2. The summed E-state index contributed by atoms with van der Waals surface area (Å²) in [6, 6.07) is 13.7. The molecule has 2 saturated heterocycles. The summed E-state index contributed by atoms with van der Waals surface area (Å²) in [7, 11) is -6.58. The summed E-state index contributed by atoms with van der Waals surface area (Å²) >= 11 is 0. The van der Waals surface area contributed by atoms with Gasteiger partial charge in [0.1, 0.15) is 5.69 Å². The zero-order chi connectivity index (χ0) is 28.8. The van der Waals surface area contributed by atoms with Crippen molar-refractivity contribution in [3.05, 3.63) is 59.8 Å². The Kier molecular flexibility index (Phi) is 7.53. The van der Waals surface area contributed by atoms with Crippen LogP contribution in [0.2, 0.25) is 0 Å². The van der Waals surface area contributed by atoms with E-state index in [2.05, 4.69) is 18.7 Å². The van der Waals surface area contributed by atoms with Crippen molar-refractivity contribution in [1.29, 1.82) is 0 Å². The van der Waals surface area contributed by atoms with Crippen molar-refractivity contribution >= 4 is 42.4 Å². The quantitative estimate of drug-likeness (QED) is 0.449. The van der Waals surface area contributed by atoms with Crippen molar-refractivity contribution in [2.75, 3.05) is 57.0 Å². The molecule has 0 radical (unpaired) electrons. The molecule has 2 aliphatic rings. The van der Waals surface area contributed by atoms with Crippen LogP contribution in [-0.2, 0) is 19.7 Å². The normalized spacial score (nSPS) is 18.4. The summed E-state index contributed by atoms with van der Waals surface area (Å²) in [5.41, 5.74) is 2.11. The van der Waals surface area contributed by atoms with E-state index in [4.69, 9.17) is 0 Å². The Morgan fingerprint density at radius 3 is 1.98 bits per heavy atom. The largest absolute Gasteiger partial charge is 0.336 e. The molecule has 2 amide bonds. The molecule has 2 aromatic carbocycles. The summed E-state index contributed by atoms with van der Waals surface area (Å²) in [6.45, 7) is 7.41. The first kappa shape index (κ1) is 28.3. The van der Waals surface area contributed by atoms with Gasteiger partial charge in [-0.25, -0.2) is 16.8 Å². The molecule has 10 nitrogen and oxygen atoms in total. The lowest BCUT2D eigenvalue weighted by molar-refractivity contribution is 0.0595. The van der Waals surface area contributed by atoms with Crippen LogP contribution >= 0.6 is 0 Å². The number of carbonyl (C=O) groups excluding carboxylic acids is 2. The van der Waals surface area contributed by atoms with Gasteiger partial charge in [0.2, 0.25) is 0 Å². The maximum atomic E-state index is 13.7. The van der Waals surface area contributed by atoms with E-state index < -0.39 is 19.7 Å². The zero-order valence-corrected chi connectivity index (χ0v) is 24.5. The molecule has 0 N–H and O–H groups in total. The number of carbonyl (C=O) groups is 2. The summed E-state index contributed by atoms with van der Waals surface area (Å²) in [5.74, 6) is -0.573. The van der Waals surface area contributed by atoms with Gasteiger partial charge in [-0.1, -0.05) is 0 Å². The minimum Gasteiger partial charge on any atom is -0.336 e. The first-order valence-electron chi connectivity index (χ1n) is 13.3. The minimum absolute atomic E-state index is 0.0651. The van der Waals surface area contributed by atoms with Crippen molar-refractivity contribution in [2.24, 2.45) is 0 Å². The topological polar surface area (TPSA) is 117 Å². The Labute approximate surface area is 235 Å². The van der Waals surface area contributed by atoms with Crippen LogP contribution in [0.15, 0.2) is 53.4 Å². The molecule has 40 heavy (non-hydrogen) atoms. The summed E-state index contributed by atoms with van der Waals surface area (Å²) < 4.78 is 49.6. The van der Waals surface area contributed by atoms with E-state index in [-0.39, 0.29) is 41.3 Å². The Morgan fingerprint density at radius 2 is 1.40 bits per heavy atom. The summed E-state index contributed by atoms with van der Waals surface area (Å²) in [5, 5.41) is 0.687. The highest BCUT2D eigenvalue weighted by molar-refractivity contribution is 7.91. The smallest absolute Gasteiger partial charge is 0.270 e. The first-order valence-corrected chi connectivity index (χ1v) is 17.0. The van der Waals surface area contributed by atoms with Crippen molar-refractivity contribution in [3.63, 3.8) is 0 Å². The van der Waals surface area contributed by atoms with Crippen molar-refractivity contribution in [2.45, 2.75) is 24.8 Å². The van der Waals surface area contributed by atoms with Gasteiger partial charge < -0.3 is 14.4 Å². The van der Waals surface area contributed by atoms with E-state index in [0.717, 1.165) is 19.3 Å². The fourth-order valence-electron chi connectivity index (χ4n) is 5.33. The number of amides is 2. The average molecular weight is 587 g/mol. The molecule has 5 rings (SSSR count). The third-order valence-corrected chi connectivity index (χ3v) is 10.5. The van der Waals surface area contributed by atoms with Gasteiger partial charge >= 0.3 is 0 Å². The van der Waals surface area contributed by atoms with Gasteiger partial charge in [0.05, 0.1) is 21.9 Å². The van der Waals surface area contributed by atoms with E-state index in [1.165, 1.54) is 17.0 Å². The van der Waals surface area contributed by atoms with Crippen LogP contribution in [0.5, 0.6) is 0 Å². The molecular weight excluding hydrogens is 552 g/mol. The Morgan fingerprint density at radius 1 is 0.800 bits per heavy atom. The SMILES string of the molecule is CC(C)N1CCN(C(=O)c2ccc3c(c2)cc(C(=O)N2CCS(=O)(=O)CC2)n3-c2ccc(S(C)(=O)=O)cc2)CC1. The third-order valence-electron chi connectivity index (χ3n) is 7.75. The zero-order valence-electron chi connectivity index (χ0n) is 22.9. The second kappa shape index (κ2) is 10.6. The van der Waals surface area contributed by atoms with Crippen molar-refractivity contribution in [3.8, 4) is 5.69 Å². The maximum absolute atomic E-state index is 13.7. The van der Waals surface area contributed by atoms with Crippen molar-refractivity contribution in [1.82, 2.24) is 19.3 Å². The second-order valence-electron chi connectivity index (χ2n) is 10.8. The number of hydrogen-bond donors (Lipinski definition) is 0. The van der Waals surface area contributed by atoms with E-state index in [1.54, 1.807) is 41.0 Å². The molecule has 2 aliphatic heterocycles. The molecule has 0 saturated carbocycles. The van der Waals surface area contributed by atoms with E-state index in [9.17, 15) is 26.4 Å². The Bertz CT molecular complexity index is 1660. The Balaban J connectivity index is 1.53. The third kappa shape index (κ3) is 5.65. The number of benzene rings is 2. The molecule has 12 heteroatoms. The van der Waals surface area contributed by atoms with Gasteiger partial charge in [0, 0.05) is 68.2 Å². The van der Waals surface area contributed by atoms with Crippen LogP contribution in [0, 0.1) is 0 Å². The highest BCUT2D eigenvalue weighted by Crippen LogP contribution is 2.28. The van der Waals surface area contributed by atoms with E-state index >= 15 is 0 Å². The molecule has 0 unspecified atom stereocenters. The summed E-state index contributed by atoms with van der Waals surface area (Å²) in [4.78, 5) is 32.9. The van der Waals surface area contributed by atoms with E-state index in [0.29, 0.717) is 47.0 Å². The van der Waals surface area contributed by atoms with Crippen LogP contribution in [0.25, 0.3) is 16.6 Å². The predicted molar refractivity (Wildman–Crippen MR) is 154 cm³/mol. The van der Waals surface area contributed by atoms with Gasteiger partial charge in [0.25, 0.3) is 11.8 Å². The molecule has 2 fully saturated rings. The standard InChI is InChI=1S/C28H34N4O6S2/c1-20(2)29-10-12-30(13-11-29)27(33)21-4-9-25-22(18-21)19-26(28(34)31-14-16-40(37,38)17-15-31)32(25)23-5-7-24(8-6-23)39(3,35)36/h4-9,18-20H,10-17H2,1-3H3. The van der Waals surface area contributed by atoms with Gasteiger partial charge in [-0.15, -0.1) is 0 Å². The number of hydrogen-bond acceptors (Lipinski definition) is 7. The molecule has 0 atom stereocenters. The van der Waals surface area contributed by atoms with Gasteiger partial charge in [0.15, 0.2) is 19.7 Å². The fraction of sp³-hybridized carbons (Fsp3) is 0.429. The van der Waals surface area contributed by atoms with Gasteiger partial charge in [-0.3, -0.25) is 14.5 Å². The van der Waals surface area contributed by atoms with Crippen LogP contribution in [0.4, 0.5) is 0 Å². The van der Waals surface area contributed by atoms with Gasteiger partial charge in [-0.2, -0.15) is 0 Å². The van der Waals surface area contributed by atoms with Crippen LogP contribution in [0.1, 0.15) is 34.7 Å². The monoisotopic (exact) mass is 586 g/mol. The number of piperazine rings is 1. The highest BCUT2D eigenvalue weighted by Gasteiger charge is 2.29. The minimum atomic E-state index is -3.41. The summed E-state index contributed by atoms with van der Waals surface area (Å²) in [6.07, 6.45) is 1.13. The highest BCUT2D eigenvalue weighted by atomic mass is 32.2. The lowest BCUT2D eigenvalue weighted by Crippen LogP contribution is -2.50. The molecule has 0 aliphatic carbocycles. The average Bonchev–Trinajstić information content (AvgIpc) is 3.30. The lowest BCUT2D eigenvalue weighted by atomic mass is 10.1. The number of aromatic nitrogens is 1. The molecule has 3 aromatic rings.